The van der Waals surface area contributed by atoms with Crippen LogP contribution in [-0.2, 0) is 9.59 Å². The topological polar surface area (TPSA) is 102 Å². The highest BCUT2D eigenvalue weighted by atomic mass is 16.6. The maximum Gasteiger partial charge on any atom is 0.274 e. The number of nitrogens with zero attached hydrogens (tertiary/aromatic N) is 2. The standard InChI is InChI=1S/C19H19N3O5/c1-12-16(4-3-5-17(12)22(25)26)20-19(24)13-10-18(23)21(11-13)14-6-8-15(27-2)9-7-14/h3-9,13H,10-11H2,1-2H3,(H,20,24). The predicted octanol–water partition coefficient (Wildman–Crippen LogP) is 2.90. The second-order valence-electron chi connectivity index (χ2n) is 6.30. The van der Waals surface area contributed by atoms with Gasteiger partial charge in [-0.2, -0.15) is 0 Å². The Balaban J connectivity index is 1.72. The Morgan fingerprint density at radius 2 is 1.96 bits per heavy atom. The van der Waals surface area contributed by atoms with Gasteiger partial charge in [0.2, 0.25) is 11.8 Å². The lowest BCUT2D eigenvalue weighted by Gasteiger charge is -2.17. The second kappa shape index (κ2) is 7.45. The molecular weight excluding hydrogens is 350 g/mol. The number of amides is 2. The summed E-state index contributed by atoms with van der Waals surface area (Å²) in [5, 5.41) is 13.8. The summed E-state index contributed by atoms with van der Waals surface area (Å²) in [4.78, 5) is 37.0. The summed E-state index contributed by atoms with van der Waals surface area (Å²) in [5.74, 6) is -0.321. The lowest BCUT2D eigenvalue weighted by Crippen LogP contribution is -2.28. The predicted molar refractivity (Wildman–Crippen MR) is 99.9 cm³/mol. The van der Waals surface area contributed by atoms with Crippen molar-refractivity contribution in [2.24, 2.45) is 5.92 Å². The summed E-state index contributed by atoms with van der Waals surface area (Å²) in [6.07, 6.45) is 0.0891. The molecule has 2 amide bonds. The summed E-state index contributed by atoms with van der Waals surface area (Å²) in [5.41, 5.74) is 1.40. The number of ether oxygens (including phenoxy) is 1. The van der Waals surface area contributed by atoms with Gasteiger partial charge in [-0.15, -0.1) is 0 Å². The molecule has 27 heavy (non-hydrogen) atoms. The Morgan fingerprint density at radius 1 is 1.26 bits per heavy atom. The average Bonchev–Trinajstić information content (AvgIpc) is 3.05. The lowest BCUT2D eigenvalue weighted by atomic mass is 10.1. The molecule has 1 aliphatic heterocycles. The van der Waals surface area contributed by atoms with Crippen LogP contribution in [0.3, 0.4) is 0 Å². The van der Waals surface area contributed by atoms with E-state index in [1.807, 2.05) is 0 Å². The molecule has 140 valence electrons. The van der Waals surface area contributed by atoms with E-state index in [4.69, 9.17) is 4.74 Å². The molecule has 8 nitrogen and oxygen atoms in total. The van der Waals surface area contributed by atoms with Gasteiger partial charge in [0.1, 0.15) is 5.75 Å². The zero-order valence-electron chi connectivity index (χ0n) is 15.0. The Kier molecular flexibility index (Phi) is 5.07. The van der Waals surface area contributed by atoms with Crippen molar-refractivity contribution >= 4 is 28.9 Å². The molecule has 1 aliphatic rings. The fourth-order valence-corrected chi connectivity index (χ4v) is 3.09. The minimum Gasteiger partial charge on any atom is -0.497 e. The third kappa shape index (κ3) is 3.74. The summed E-state index contributed by atoms with van der Waals surface area (Å²) < 4.78 is 5.11. The third-order valence-electron chi connectivity index (χ3n) is 4.64. The van der Waals surface area contributed by atoms with Crippen LogP contribution in [0.15, 0.2) is 42.5 Å². The molecular formula is C19H19N3O5. The van der Waals surface area contributed by atoms with Crippen LogP contribution in [0.2, 0.25) is 0 Å². The van der Waals surface area contributed by atoms with Crippen LogP contribution < -0.4 is 15.0 Å². The number of carbonyl (C=O) groups excluding carboxylic acids is 2. The second-order valence-corrected chi connectivity index (χ2v) is 6.30. The van der Waals surface area contributed by atoms with E-state index in [0.29, 0.717) is 22.7 Å². The number of nitro benzene ring substituents is 1. The van der Waals surface area contributed by atoms with Gasteiger partial charge >= 0.3 is 0 Å². The highest BCUT2D eigenvalue weighted by Crippen LogP contribution is 2.29. The van der Waals surface area contributed by atoms with Gasteiger partial charge in [0.25, 0.3) is 5.69 Å². The van der Waals surface area contributed by atoms with Crippen molar-refractivity contribution in [3.8, 4) is 5.75 Å². The molecule has 0 saturated carbocycles. The fraction of sp³-hybridized carbons (Fsp3) is 0.263. The maximum absolute atomic E-state index is 12.6. The van der Waals surface area contributed by atoms with E-state index in [1.54, 1.807) is 49.3 Å². The molecule has 0 radical (unpaired) electrons. The van der Waals surface area contributed by atoms with Gasteiger partial charge in [-0.1, -0.05) is 6.07 Å². The first kappa shape index (κ1) is 18.4. The van der Waals surface area contributed by atoms with Crippen molar-refractivity contribution in [3.05, 3.63) is 58.1 Å². The van der Waals surface area contributed by atoms with Gasteiger partial charge in [0.15, 0.2) is 0 Å². The molecule has 0 bridgehead atoms. The molecule has 8 heteroatoms. The minimum atomic E-state index is -0.529. The minimum absolute atomic E-state index is 0.0600. The van der Waals surface area contributed by atoms with Crippen LogP contribution in [0, 0.1) is 23.0 Å². The van der Waals surface area contributed by atoms with Crippen molar-refractivity contribution < 1.29 is 19.2 Å². The largest absolute Gasteiger partial charge is 0.497 e. The number of anilines is 2. The van der Waals surface area contributed by atoms with Crippen LogP contribution in [0.5, 0.6) is 5.75 Å². The molecule has 1 N–H and O–H groups in total. The zero-order chi connectivity index (χ0) is 19.6. The van der Waals surface area contributed by atoms with E-state index < -0.39 is 10.8 Å². The van der Waals surface area contributed by atoms with E-state index >= 15 is 0 Å². The van der Waals surface area contributed by atoms with Crippen molar-refractivity contribution in [3.63, 3.8) is 0 Å². The van der Waals surface area contributed by atoms with Crippen molar-refractivity contribution in [2.45, 2.75) is 13.3 Å². The molecule has 0 aliphatic carbocycles. The van der Waals surface area contributed by atoms with Crippen LogP contribution in [0.1, 0.15) is 12.0 Å². The van der Waals surface area contributed by atoms with Gasteiger partial charge in [-0.3, -0.25) is 19.7 Å². The van der Waals surface area contributed by atoms with Crippen LogP contribution in [0.4, 0.5) is 17.1 Å². The molecule has 2 aromatic carbocycles. The summed E-state index contributed by atoms with van der Waals surface area (Å²) in [7, 11) is 1.56. The summed E-state index contributed by atoms with van der Waals surface area (Å²) in [6.45, 7) is 1.84. The number of nitrogens with one attached hydrogen (secondary N) is 1. The Labute approximate surface area is 155 Å². The molecule has 1 unspecified atom stereocenters. The smallest absolute Gasteiger partial charge is 0.274 e. The van der Waals surface area contributed by atoms with Crippen LogP contribution in [0.25, 0.3) is 0 Å². The van der Waals surface area contributed by atoms with Crippen LogP contribution >= 0.6 is 0 Å². The first-order chi connectivity index (χ1) is 12.9. The summed E-state index contributed by atoms with van der Waals surface area (Å²) in [6, 6.07) is 11.5. The van der Waals surface area contributed by atoms with Gasteiger partial charge in [0.05, 0.1) is 29.2 Å². The normalized spacial score (nSPS) is 16.3. The van der Waals surface area contributed by atoms with Gasteiger partial charge in [-0.25, -0.2) is 0 Å². The van der Waals surface area contributed by atoms with Gasteiger partial charge < -0.3 is 15.0 Å². The zero-order valence-corrected chi connectivity index (χ0v) is 15.0. The number of carbonyl (C=O) groups is 2. The van der Waals surface area contributed by atoms with E-state index in [-0.39, 0.29) is 30.5 Å². The summed E-state index contributed by atoms with van der Waals surface area (Å²) >= 11 is 0. The highest BCUT2D eigenvalue weighted by Gasteiger charge is 2.35. The van der Waals surface area contributed by atoms with E-state index in [9.17, 15) is 19.7 Å². The van der Waals surface area contributed by atoms with Gasteiger partial charge in [-0.05, 0) is 37.3 Å². The van der Waals surface area contributed by atoms with Crippen molar-refractivity contribution in [1.82, 2.24) is 0 Å². The van der Waals surface area contributed by atoms with E-state index in [1.165, 1.54) is 12.1 Å². The highest BCUT2D eigenvalue weighted by molar-refractivity contribution is 6.03. The number of hydrogen-bond acceptors (Lipinski definition) is 5. The third-order valence-corrected chi connectivity index (χ3v) is 4.64. The SMILES string of the molecule is COc1ccc(N2CC(C(=O)Nc3cccc([N+](=O)[O-])c3C)CC2=O)cc1. The maximum atomic E-state index is 12.6. The Morgan fingerprint density at radius 3 is 2.59 bits per heavy atom. The molecule has 1 heterocycles. The Bertz CT molecular complexity index is 895. The van der Waals surface area contributed by atoms with Crippen molar-refractivity contribution in [2.75, 3.05) is 23.9 Å². The van der Waals surface area contributed by atoms with Gasteiger partial charge in [0, 0.05) is 24.7 Å². The number of benzene rings is 2. The number of nitro groups is 1. The Hall–Kier alpha value is -3.42. The fourth-order valence-electron chi connectivity index (χ4n) is 3.09. The molecule has 0 aromatic heterocycles. The quantitative estimate of drug-likeness (QED) is 0.645. The molecule has 1 atom stereocenters. The molecule has 2 aromatic rings. The van der Waals surface area contributed by atoms with E-state index in [2.05, 4.69) is 5.32 Å². The van der Waals surface area contributed by atoms with Crippen molar-refractivity contribution in [1.29, 1.82) is 0 Å². The van der Waals surface area contributed by atoms with Crippen LogP contribution in [-0.4, -0.2) is 30.4 Å². The monoisotopic (exact) mass is 369 g/mol. The average molecular weight is 369 g/mol. The lowest BCUT2D eigenvalue weighted by molar-refractivity contribution is -0.385. The van der Waals surface area contributed by atoms with E-state index in [0.717, 1.165) is 0 Å². The number of hydrogen-bond donors (Lipinski definition) is 1. The molecule has 0 spiro atoms. The number of methoxy groups -OCH3 is 1. The first-order valence-electron chi connectivity index (χ1n) is 8.40. The first-order valence-corrected chi connectivity index (χ1v) is 8.40. The number of rotatable bonds is 5. The molecule has 1 fully saturated rings. The molecule has 3 rings (SSSR count). The molecule has 1 saturated heterocycles.